The van der Waals surface area contributed by atoms with Crippen molar-refractivity contribution >= 4 is 22.9 Å². The predicted octanol–water partition coefficient (Wildman–Crippen LogP) is -0.996. The molecule has 0 aliphatic carbocycles. The molecule has 0 spiro atoms. The number of β-amino-alcohol motifs (C(OH)–C–C–N with tert-alkyl or cyclic N) is 1. The second-order valence-electron chi connectivity index (χ2n) is 8.50. The number of nitrogens with zero attached hydrogens (tertiary/aromatic N) is 6. The first-order valence-electron chi connectivity index (χ1n) is 11.3. The summed E-state index contributed by atoms with van der Waals surface area (Å²) < 4.78 is 12.0. The van der Waals surface area contributed by atoms with E-state index in [1.165, 1.54) is 13.3 Å². The van der Waals surface area contributed by atoms with E-state index in [9.17, 15) is 14.7 Å². The Bertz CT molecular complexity index is 1300. The van der Waals surface area contributed by atoms with E-state index in [0.717, 1.165) is 0 Å². The van der Waals surface area contributed by atoms with Gasteiger partial charge in [0.2, 0.25) is 5.88 Å². The lowest BCUT2D eigenvalue weighted by Gasteiger charge is -2.18. The van der Waals surface area contributed by atoms with Crippen LogP contribution >= 0.6 is 0 Å². The SMILES string of the molecule is COc1ccc2ncc(=O)n(CCN3C[C@H](CNCc4ncc5c(n4)NC(=O)CO5)[C@H](O)C3)c2n1. The molecule has 5 rings (SSSR count). The van der Waals surface area contributed by atoms with E-state index < -0.39 is 6.10 Å². The fourth-order valence-corrected chi connectivity index (χ4v) is 4.29. The van der Waals surface area contributed by atoms with Gasteiger partial charge in [0.05, 0.1) is 32.2 Å². The van der Waals surface area contributed by atoms with Crippen molar-refractivity contribution in [3.63, 3.8) is 0 Å². The lowest BCUT2D eigenvalue weighted by molar-refractivity contribution is -0.118. The summed E-state index contributed by atoms with van der Waals surface area (Å²) in [5.41, 5.74) is 0.855. The summed E-state index contributed by atoms with van der Waals surface area (Å²) in [5.74, 6) is 1.52. The highest BCUT2D eigenvalue weighted by molar-refractivity contribution is 5.94. The third-order valence-electron chi connectivity index (χ3n) is 6.11. The maximum atomic E-state index is 12.4. The molecule has 2 atom stereocenters. The van der Waals surface area contributed by atoms with Crippen LogP contribution in [0.4, 0.5) is 5.82 Å². The minimum atomic E-state index is -0.497. The summed E-state index contributed by atoms with van der Waals surface area (Å²) in [6, 6.07) is 3.48. The Balaban J connectivity index is 1.16. The lowest BCUT2D eigenvalue weighted by Crippen LogP contribution is -2.32. The van der Waals surface area contributed by atoms with Crippen molar-refractivity contribution in [2.75, 3.05) is 45.2 Å². The number of aliphatic hydroxyl groups is 1. The molecule has 2 aliphatic rings. The first-order valence-corrected chi connectivity index (χ1v) is 11.3. The lowest BCUT2D eigenvalue weighted by atomic mass is 10.1. The van der Waals surface area contributed by atoms with Gasteiger partial charge in [-0.3, -0.25) is 19.1 Å². The number of hydrogen-bond donors (Lipinski definition) is 3. The Hall–Kier alpha value is -3.68. The average molecular weight is 483 g/mol. The smallest absolute Gasteiger partial charge is 0.270 e. The number of methoxy groups -OCH3 is 1. The number of likely N-dealkylation sites (tertiary alicyclic amines) is 1. The average Bonchev–Trinajstić information content (AvgIpc) is 3.21. The summed E-state index contributed by atoms with van der Waals surface area (Å²) in [6.45, 7) is 3.11. The molecule has 35 heavy (non-hydrogen) atoms. The number of anilines is 1. The van der Waals surface area contributed by atoms with Crippen molar-refractivity contribution in [3.05, 3.63) is 40.7 Å². The second kappa shape index (κ2) is 9.90. The highest BCUT2D eigenvalue weighted by atomic mass is 16.5. The Labute approximate surface area is 200 Å². The standard InChI is InChI=1S/C22H26N8O5/c1-34-19-3-2-14-22(28-19)30(20(33)9-24-14)5-4-29-10-13(15(31)11-29)6-23-8-17-25-7-16-21(26-17)27-18(32)12-35-16/h2-3,7,9,13,15,23,31H,4-6,8,10-12H2,1H3,(H,25,26,27,32)/t13-,15+/m0/s1. The molecule has 0 radical (unpaired) electrons. The van der Waals surface area contributed by atoms with Gasteiger partial charge in [0.1, 0.15) is 11.3 Å². The van der Waals surface area contributed by atoms with Crippen LogP contribution in [0.1, 0.15) is 5.82 Å². The molecule has 3 aromatic rings. The van der Waals surface area contributed by atoms with Gasteiger partial charge < -0.3 is 25.2 Å². The quantitative estimate of drug-likeness (QED) is 0.362. The number of carbonyl (C=O) groups is 1. The Morgan fingerprint density at radius 3 is 2.94 bits per heavy atom. The molecule has 1 fully saturated rings. The fraction of sp³-hybridized carbons (Fsp3) is 0.455. The minimum absolute atomic E-state index is 0.0137. The topological polar surface area (TPSA) is 157 Å². The zero-order valence-electron chi connectivity index (χ0n) is 19.2. The van der Waals surface area contributed by atoms with Crippen molar-refractivity contribution in [1.29, 1.82) is 0 Å². The first kappa shape index (κ1) is 23.1. The van der Waals surface area contributed by atoms with Crippen molar-refractivity contribution in [1.82, 2.24) is 34.7 Å². The van der Waals surface area contributed by atoms with Crippen molar-refractivity contribution in [2.45, 2.75) is 19.2 Å². The molecule has 5 heterocycles. The number of carbonyl (C=O) groups excluding carboxylic acids is 1. The van der Waals surface area contributed by atoms with E-state index in [4.69, 9.17) is 9.47 Å². The largest absolute Gasteiger partial charge is 0.481 e. The number of amides is 1. The van der Waals surface area contributed by atoms with Crippen LogP contribution in [0.2, 0.25) is 0 Å². The van der Waals surface area contributed by atoms with Gasteiger partial charge >= 0.3 is 0 Å². The molecule has 1 saturated heterocycles. The van der Waals surface area contributed by atoms with E-state index in [2.05, 4.69) is 35.5 Å². The summed E-state index contributed by atoms with van der Waals surface area (Å²) in [4.78, 5) is 43.2. The normalized spacial score (nSPS) is 19.9. The molecular weight excluding hydrogens is 456 g/mol. The van der Waals surface area contributed by atoms with Crippen LogP contribution in [-0.4, -0.2) is 86.4 Å². The fourth-order valence-electron chi connectivity index (χ4n) is 4.29. The number of ether oxygens (including phenoxy) is 2. The summed E-state index contributed by atoms with van der Waals surface area (Å²) >= 11 is 0. The summed E-state index contributed by atoms with van der Waals surface area (Å²) in [6.07, 6.45) is 2.34. The van der Waals surface area contributed by atoms with Gasteiger partial charge in [0.15, 0.2) is 23.8 Å². The molecule has 3 N–H and O–H groups in total. The van der Waals surface area contributed by atoms with Gasteiger partial charge in [0.25, 0.3) is 11.5 Å². The molecule has 2 aliphatic heterocycles. The molecule has 3 aromatic heterocycles. The Kier molecular flexibility index (Phi) is 6.53. The van der Waals surface area contributed by atoms with Crippen molar-refractivity contribution in [2.24, 2.45) is 5.92 Å². The molecule has 0 saturated carbocycles. The van der Waals surface area contributed by atoms with Crippen molar-refractivity contribution < 1.29 is 19.4 Å². The highest BCUT2D eigenvalue weighted by Crippen LogP contribution is 2.24. The van der Waals surface area contributed by atoms with Gasteiger partial charge in [-0.2, -0.15) is 4.98 Å². The van der Waals surface area contributed by atoms with Gasteiger partial charge in [-0.05, 0) is 6.07 Å². The third kappa shape index (κ3) is 5.06. The molecule has 0 bridgehead atoms. The van der Waals surface area contributed by atoms with Crippen LogP contribution in [0.25, 0.3) is 11.2 Å². The number of pyridine rings is 1. The molecule has 184 valence electrons. The maximum Gasteiger partial charge on any atom is 0.270 e. The monoisotopic (exact) mass is 482 g/mol. The van der Waals surface area contributed by atoms with Crippen LogP contribution in [0.5, 0.6) is 11.6 Å². The number of rotatable bonds is 8. The van der Waals surface area contributed by atoms with E-state index in [1.54, 1.807) is 22.9 Å². The van der Waals surface area contributed by atoms with Crippen LogP contribution in [0.3, 0.4) is 0 Å². The van der Waals surface area contributed by atoms with Crippen LogP contribution in [0, 0.1) is 5.92 Å². The number of nitrogens with one attached hydrogen (secondary N) is 2. The van der Waals surface area contributed by atoms with Crippen LogP contribution in [0.15, 0.2) is 29.3 Å². The minimum Gasteiger partial charge on any atom is -0.481 e. The molecular formula is C22H26N8O5. The zero-order valence-corrected chi connectivity index (χ0v) is 19.2. The summed E-state index contributed by atoms with van der Waals surface area (Å²) in [7, 11) is 1.52. The Morgan fingerprint density at radius 1 is 1.20 bits per heavy atom. The number of hydrogen-bond acceptors (Lipinski definition) is 11. The molecule has 1 amide bonds. The zero-order chi connectivity index (χ0) is 24.4. The number of fused-ring (bicyclic) bond motifs is 2. The van der Waals surface area contributed by atoms with E-state index >= 15 is 0 Å². The number of aliphatic hydroxyl groups excluding tert-OH is 1. The predicted molar refractivity (Wildman–Crippen MR) is 124 cm³/mol. The second-order valence-corrected chi connectivity index (χ2v) is 8.50. The van der Waals surface area contributed by atoms with Gasteiger partial charge in [-0.1, -0.05) is 0 Å². The third-order valence-corrected chi connectivity index (χ3v) is 6.11. The maximum absolute atomic E-state index is 12.4. The Morgan fingerprint density at radius 2 is 2.09 bits per heavy atom. The summed E-state index contributed by atoms with van der Waals surface area (Å²) in [5, 5.41) is 16.5. The first-order chi connectivity index (χ1) is 17.0. The highest BCUT2D eigenvalue weighted by Gasteiger charge is 2.31. The van der Waals surface area contributed by atoms with E-state index in [-0.39, 0.29) is 24.0 Å². The van der Waals surface area contributed by atoms with Gasteiger partial charge in [-0.15, -0.1) is 0 Å². The molecule has 13 nitrogen and oxygen atoms in total. The molecule has 13 heteroatoms. The van der Waals surface area contributed by atoms with E-state index in [0.29, 0.717) is 73.7 Å². The molecule has 0 aromatic carbocycles. The number of aromatic nitrogens is 5. The van der Waals surface area contributed by atoms with Gasteiger partial charge in [-0.25, -0.2) is 15.0 Å². The van der Waals surface area contributed by atoms with Crippen LogP contribution < -0.4 is 25.7 Å². The molecule has 0 unspecified atom stereocenters. The van der Waals surface area contributed by atoms with E-state index in [1.807, 2.05) is 0 Å². The van der Waals surface area contributed by atoms with Crippen LogP contribution in [-0.2, 0) is 17.9 Å². The van der Waals surface area contributed by atoms with Gasteiger partial charge in [0, 0.05) is 44.7 Å². The van der Waals surface area contributed by atoms with Crippen molar-refractivity contribution in [3.8, 4) is 11.6 Å².